The summed E-state index contributed by atoms with van der Waals surface area (Å²) in [5.74, 6) is -0.782. The smallest absolute Gasteiger partial charge is 0.338 e. The van der Waals surface area contributed by atoms with Crippen LogP contribution in [-0.2, 0) is 19.6 Å². The Bertz CT molecular complexity index is 1000. The first-order valence-corrected chi connectivity index (χ1v) is 10.7. The Balaban J connectivity index is 2.17. The van der Waals surface area contributed by atoms with Crippen LogP contribution < -0.4 is 5.32 Å². The van der Waals surface area contributed by atoms with E-state index in [1.54, 1.807) is 20.8 Å². The molecule has 11 heteroatoms. The van der Waals surface area contributed by atoms with Crippen molar-refractivity contribution in [3.8, 4) is 0 Å². The molecule has 0 saturated heterocycles. The molecular weight excluding hydrogens is 422 g/mol. The highest BCUT2D eigenvalue weighted by molar-refractivity contribution is 7.89. The average Bonchev–Trinajstić information content (AvgIpc) is 3.07. The number of aryl methyl sites for hydroxylation is 1. The first kappa shape index (κ1) is 22.9. The molecule has 2 rings (SSSR count). The van der Waals surface area contributed by atoms with E-state index >= 15 is 0 Å². The zero-order chi connectivity index (χ0) is 21.8. The van der Waals surface area contributed by atoms with Crippen LogP contribution in [0, 0.1) is 6.92 Å². The van der Waals surface area contributed by atoms with Gasteiger partial charge in [0.15, 0.2) is 11.9 Å². The minimum Gasteiger partial charge on any atom is -0.449 e. The van der Waals surface area contributed by atoms with Crippen molar-refractivity contribution < 1.29 is 27.3 Å². The number of nitrogens with one attached hydrogen (secondary N) is 1. The number of hydrogen-bond acceptors (Lipinski definition) is 7. The van der Waals surface area contributed by atoms with E-state index in [0.29, 0.717) is 5.76 Å². The standard InChI is InChI=1S/C18H22ClN3O6S/c1-5-22(6-2)29(25,26)15-10-13(7-8-14(15)19)18(24)27-12(4)17(23)20-16-9-11(3)28-21-16/h7-10,12H,5-6H2,1-4H3,(H,20,21,23)/t12-/m1/s1. The van der Waals surface area contributed by atoms with Crippen molar-refractivity contribution in [1.29, 1.82) is 0 Å². The largest absolute Gasteiger partial charge is 0.449 e. The summed E-state index contributed by atoms with van der Waals surface area (Å²) in [7, 11) is -3.88. The SMILES string of the molecule is CCN(CC)S(=O)(=O)c1cc(C(=O)O[C@H](C)C(=O)Nc2cc(C)on2)ccc1Cl. The molecule has 158 valence electrons. The molecule has 0 aliphatic heterocycles. The molecular formula is C18H22ClN3O6S. The number of halogens is 1. The van der Waals surface area contributed by atoms with E-state index in [1.165, 1.54) is 29.4 Å². The van der Waals surface area contributed by atoms with Gasteiger partial charge in [-0.25, -0.2) is 13.2 Å². The van der Waals surface area contributed by atoms with E-state index in [9.17, 15) is 18.0 Å². The number of carbonyl (C=O) groups is 2. The van der Waals surface area contributed by atoms with Crippen molar-refractivity contribution >= 4 is 39.3 Å². The molecule has 0 unspecified atom stereocenters. The van der Waals surface area contributed by atoms with Gasteiger partial charge in [-0.15, -0.1) is 0 Å². The van der Waals surface area contributed by atoms with Crippen molar-refractivity contribution in [3.63, 3.8) is 0 Å². The lowest BCUT2D eigenvalue weighted by Gasteiger charge is -2.19. The number of ether oxygens (including phenoxy) is 1. The van der Waals surface area contributed by atoms with E-state index in [4.69, 9.17) is 20.9 Å². The molecule has 0 bridgehead atoms. The summed E-state index contributed by atoms with van der Waals surface area (Å²) < 4.78 is 36.7. The molecule has 1 aromatic heterocycles. The van der Waals surface area contributed by atoms with Crippen molar-refractivity contribution in [2.24, 2.45) is 0 Å². The summed E-state index contributed by atoms with van der Waals surface area (Å²) in [6, 6.07) is 5.29. The quantitative estimate of drug-likeness (QED) is 0.623. The van der Waals surface area contributed by atoms with Gasteiger partial charge in [-0.2, -0.15) is 4.31 Å². The third kappa shape index (κ3) is 5.34. The van der Waals surface area contributed by atoms with Crippen molar-refractivity contribution in [2.75, 3.05) is 18.4 Å². The minimum absolute atomic E-state index is 0.0133. The van der Waals surface area contributed by atoms with Gasteiger partial charge in [0, 0.05) is 19.2 Å². The number of amides is 1. The maximum atomic E-state index is 12.7. The number of sulfonamides is 1. The number of esters is 1. The summed E-state index contributed by atoms with van der Waals surface area (Å²) in [6.07, 6.45) is -1.15. The number of nitrogens with zero attached hydrogens (tertiary/aromatic N) is 2. The number of aromatic nitrogens is 1. The minimum atomic E-state index is -3.88. The predicted molar refractivity (Wildman–Crippen MR) is 106 cm³/mol. The molecule has 1 amide bonds. The summed E-state index contributed by atoms with van der Waals surface area (Å²) >= 11 is 6.05. The molecule has 1 heterocycles. The van der Waals surface area contributed by atoms with Gasteiger partial charge >= 0.3 is 5.97 Å². The Morgan fingerprint density at radius 1 is 1.28 bits per heavy atom. The third-order valence-electron chi connectivity index (χ3n) is 4.02. The normalized spacial score (nSPS) is 12.6. The van der Waals surface area contributed by atoms with E-state index in [0.717, 1.165) is 6.07 Å². The van der Waals surface area contributed by atoms with Gasteiger partial charge in [-0.1, -0.05) is 30.6 Å². The van der Waals surface area contributed by atoms with E-state index in [-0.39, 0.29) is 34.4 Å². The molecule has 0 fully saturated rings. The second-order valence-corrected chi connectivity index (χ2v) is 8.41. The van der Waals surface area contributed by atoms with Gasteiger partial charge in [-0.05, 0) is 32.0 Å². The lowest BCUT2D eigenvalue weighted by atomic mass is 10.2. The fraction of sp³-hybridized carbons (Fsp3) is 0.389. The Labute approximate surface area is 174 Å². The highest BCUT2D eigenvalue weighted by atomic mass is 35.5. The van der Waals surface area contributed by atoms with Crippen molar-refractivity contribution in [1.82, 2.24) is 9.46 Å². The Morgan fingerprint density at radius 3 is 2.48 bits per heavy atom. The molecule has 0 saturated carbocycles. The highest BCUT2D eigenvalue weighted by Crippen LogP contribution is 2.26. The molecule has 1 N–H and O–H groups in total. The lowest BCUT2D eigenvalue weighted by Crippen LogP contribution is -2.31. The molecule has 0 radical (unpaired) electrons. The molecule has 0 aliphatic carbocycles. The zero-order valence-electron chi connectivity index (χ0n) is 16.4. The predicted octanol–water partition coefficient (Wildman–Crippen LogP) is 2.85. The molecule has 9 nitrogen and oxygen atoms in total. The van der Waals surface area contributed by atoms with Crippen LogP contribution in [-0.4, -0.2) is 48.9 Å². The Hall–Kier alpha value is -2.43. The van der Waals surface area contributed by atoms with Crippen LogP contribution in [0.3, 0.4) is 0 Å². The first-order valence-electron chi connectivity index (χ1n) is 8.85. The average molecular weight is 444 g/mol. The summed E-state index contributed by atoms with van der Waals surface area (Å²) in [6.45, 7) is 6.94. The van der Waals surface area contributed by atoms with Gasteiger partial charge in [0.25, 0.3) is 5.91 Å². The maximum Gasteiger partial charge on any atom is 0.338 e. The van der Waals surface area contributed by atoms with Crippen LogP contribution in [0.2, 0.25) is 5.02 Å². The van der Waals surface area contributed by atoms with Crippen LogP contribution >= 0.6 is 11.6 Å². The Kier molecular flexibility index (Phi) is 7.39. The van der Waals surface area contributed by atoms with Crippen LogP contribution in [0.1, 0.15) is 36.9 Å². The Morgan fingerprint density at radius 2 is 1.93 bits per heavy atom. The second-order valence-electron chi connectivity index (χ2n) is 6.09. The fourth-order valence-electron chi connectivity index (χ4n) is 2.47. The topological polar surface area (TPSA) is 119 Å². The number of hydrogen-bond donors (Lipinski definition) is 1. The fourth-order valence-corrected chi connectivity index (χ4v) is 4.42. The van der Waals surface area contributed by atoms with Crippen LogP contribution in [0.15, 0.2) is 33.7 Å². The van der Waals surface area contributed by atoms with Crippen LogP contribution in [0.25, 0.3) is 0 Å². The van der Waals surface area contributed by atoms with Gasteiger partial charge in [-0.3, -0.25) is 4.79 Å². The maximum absolute atomic E-state index is 12.7. The van der Waals surface area contributed by atoms with Gasteiger partial charge in [0.1, 0.15) is 10.7 Å². The number of benzene rings is 1. The molecule has 1 aromatic carbocycles. The van der Waals surface area contributed by atoms with Crippen molar-refractivity contribution in [2.45, 2.75) is 38.7 Å². The molecule has 1 atom stereocenters. The number of carbonyl (C=O) groups excluding carboxylic acids is 2. The summed E-state index contributed by atoms with van der Waals surface area (Å²) in [5.41, 5.74) is -0.0444. The second kappa shape index (κ2) is 9.38. The molecule has 2 aromatic rings. The molecule has 0 aliphatic rings. The monoisotopic (exact) mass is 443 g/mol. The summed E-state index contributed by atoms with van der Waals surface area (Å²) in [4.78, 5) is 24.4. The summed E-state index contributed by atoms with van der Waals surface area (Å²) in [5, 5.41) is 6.06. The first-order chi connectivity index (χ1) is 13.6. The van der Waals surface area contributed by atoms with E-state index in [2.05, 4.69) is 10.5 Å². The number of rotatable bonds is 8. The third-order valence-corrected chi connectivity index (χ3v) is 6.55. The van der Waals surface area contributed by atoms with E-state index < -0.39 is 28.0 Å². The van der Waals surface area contributed by atoms with Gasteiger partial charge in [0.05, 0.1) is 10.6 Å². The lowest BCUT2D eigenvalue weighted by molar-refractivity contribution is -0.123. The molecule has 0 spiro atoms. The highest BCUT2D eigenvalue weighted by Gasteiger charge is 2.27. The van der Waals surface area contributed by atoms with Gasteiger partial charge in [0.2, 0.25) is 10.0 Å². The van der Waals surface area contributed by atoms with E-state index in [1.807, 2.05) is 0 Å². The number of anilines is 1. The molecule has 29 heavy (non-hydrogen) atoms. The zero-order valence-corrected chi connectivity index (χ0v) is 18.0. The van der Waals surface area contributed by atoms with Gasteiger partial charge < -0.3 is 14.6 Å². The van der Waals surface area contributed by atoms with Crippen LogP contribution in [0.4, 0.5) is 5.82 Å². The van der Waals surface area contributed by atoms with Crippen LogP contribution in [0.5, 0.6) is 0 Å². The van der Waals surface area contributed by atoms with Crippen molar-refractivity contribution in [3.05, 3.63) is 40.6 Å².